The summed E-state index contributed by atoms with van der Waals surface area (Å²) in [5.41, 5.74) is 1.63. The Bertz CT molecular complexity index is 972. The number of anilines is 1. The maximum absolute atomic E-state index is 12.4. The van der Waals surface area contributed by atoms with Gasteiger partial charge in [-0.05, 0) is 42.5 Å². The zero-order valence-electron chi connectivity index (χ0n) is 15.1. The lowest BCUT2D eigenvalue weighted by molar-refractivity contribution is -0.118. The number of carbonyl (C=O) groups is 2. The van der Waals surface area contributed by atoms with E-state index in [9.17, 15) is 9.59 Å². The fraction of sp³-hybridized carbons (Fsp3) is 0.0909. The van der Waals surface area contributed by atoms with E-state index >= 15 is 0 Å². The van der Waals surface area contributed by atoms with Gasteiger partial charge in [-0.15, -0.1) is 0 Å². The van der Waals surface area contributed by atoms with Crippen LogP contribution in [0, 0.1) is 0 Å². The fourth-order valence-electron chi connectivity index (χ4n) is 2.57. The average Bonchev–Trinajstić information content (AvgIpc) is 2.73. The summed E-state index contributed by atoms with van der Waals surface area (Å²) in [4.78, 5) is 24.5. The maximum atomic E-state index is 12.4. The highest BCUT2D eigenvalue weighted by molar-refractivity contribution is 6.31. The van der Waals surface area contributed by atoms with Gasteiger partial charge in [-0.2, -0.15) is 0 Å². The van der Waals surface area contributed by atoms with Gasteiger partial charge in [0, 0.05) is 16.1 Å². The first kappa shape index (κ1) is 19.5. The molecule has 0 aliphatic heterocycles. The molecule has 0 saturated carbocycles. The summed E-state index contributed by atoms with van der Waals surface area (Å²) >= 11 is 5.95. The minimum absolute atomic E-state index is 0.0713. The molecule has 6 heteroatoms. The Morgan fingerprint density at radius 3 is 2.29 bits per heavy atom. The molecule has 3 aromatic rings. The van der Waals surface area contributed by atoms with E-state index in [0.717, 1.165) is 0 Å². The van der Waals surface area contributed by atoms with Crippen LogP contribution in [0.5, 0.6) is 11.5 Å². The molecular weight excluding hydrogens is 378 g/mol. The van der Waals surface area contributed by atoms with Crippen LogP contribution in [-0.2, 0) is 4.79 Å². The molecule has 0 aliphatic rings. The molecule has 3 aromatic carbocycles. The lowest BCUT2D eigenvalue weighted by Gasteiger charge is -2.11. The monoisotopic (exact) mass is 395 g/mol. The van der Waals surface area contributed by atoms with E-state index in [1.165, 1.54) is 7.11 Å². The van der Waals surface area contributed by atoms with Crippen LogP contribution in [0.4, 0.5) is 5.69 Å². The topological polar surface area (TPSA) is 64.6 Å². The maximum Gasteiger partial charge on any atom is 0.262 e. The van der Waals surface area contributed by atoms with E-state index in [4.69, 9.17) is 21.1 Å². The van der Waals surface area contributed by atoms with E-state index in [2.05, 4.69) is 5.32 Å². The van der Waals surface area contributed by atoms with Crippen molar-refractivity contribution in [1.29, 1.82) is 0 Å². The minimum atomic E-state index is -0.356. The van der Waals surface area contributed by atoms with Crippen molar-refractivity contribution in [3.8, 4) is 11.5 Å². The summed E-state index contributed by atoms with van der Waals surface area (Å²) in [6.45, 7) is -0.193. The Hall–Kier alpha value is -3.31. The van der Waals surface area contributed by atoms with Crippen molar-refractivity contribution >= 4 is 29.0 Å². The second-order valence-corrected chi connectivity index (χ2v) is 6.34. The highest BCUT2D eigenvalue weighted by Gasteiger charge is 2.11. The predicted molar refractivity (Wildman–Crippen MR) is 108 cm³/mol. The van der Waals surface area contributed by atoms with Crippen molar-refractivity contribution in [2.45, 2.75) is 0 Å². The number of nitrogens with one attached hydrogen (secondary N) is 1. The molecule has 3 rings (SSSR count). The van der Waals surface area contributed by atoms with E-state index < -0.39 is 0 Å². The Kier molecular flexibility index (Phi) is 6.29. The van der Waals surface area contributed by atoms with E-state index in [1.54, 1.807) is 54.6 Å². The lowest BCUT2D eigenvalue weighted by atomic mass is 10.0. The molecule has 0 atom stereocenters. The van der Waals surface area contributed by atoms with Gasteiger partial charge < -0.3 is 14.8 Å². The third kappa shape index (κ3) is 4.90. The summed E-state index contributed by atoms with van der Waals surface area (Å²) in [5.74, 6) is 0.558. The van der Waals surface area contributed by atoms with Crippen LogP contribution >= 0.6 is 11.6 Å². The van der Waals surface area contributed by atoms with Crippen molar-refractivity contribution < 1.29 is 19.1 Å². The first-order valence-electron chi connectivity index (χ1n) is 8.53. The Morgan fingerprint density at radius 2 is 1.61 bits per heavy atom. The number of hydrogen-bond donors (Lipinski definition) is 1. The molecule has 28 heavy (non-hydrogen) atoms. The third-order valence-corrected chi connectivity index (χ3v) is 4.19. The number of amides is 1. The SMILES string of the molecule is COc1ccc(Cl)cc1NC(=O)COc1ccc(C(=O)c2ccccc2)cc1. The fourth-order valence-corrected chi connectivity index (χ4v) is 2.74. The zero-order valence-corrected chi connectivity index (χ0v) is 15.9. The largest absolute Gasteiger partial charge is 0.495 e. The van der Waals surface area contributed by atoms with Crippen LogP contribution < -0.4 is 14.8 Å². The molecule has 5 nitrogen and oxygen atoms in total. The van der Waals surface area contributed by atoms with Gasteiger partial charge in [0.05, 0.1) is 12.8 Å². The number of carbonyl (C=O) groups excluding carboxylic acids is 2. The molecule has 0 radical (unpaired) electrons. The Morgan fingerprint density at radius 1 is 0.929 bits per heavy atom. The number of rotatable bonds is 7. The molecule has 142 valence electrons. The first-order valence-corrected chi connectivity index (χ1v) is 8.90. The molecule has 1 amide bonds. The van der Waals surface area contributed by atoms with Gasteiger partial charge >= 0.3 is 0 Å². The van der Waals surface area contributed by atoms with Crippen molar-refractivity contribution in [1.82, 2.24) is 0 Å². The molecule has 0 heterocycles. The number of halogens is 1. The molecule has 0 aliphatic carbocycles. The van der Waals surface area contributed by atoms with Gasteiger partial charge in [-0.3, -0.25) is 9.59 Å². The number of hydrogen-bond acceptors (Lipinski definition) is 4. The smallest absolute Gasteiger partial charge is 0.262 e. The second-order valence-electron chi connectivity index (χ2n) is 5.90. The summed E-state index contributed by atoms with van der Waals surface area (Å²) in [6, 6.07) is 20.6. The molecule has 0 unspecified atom stereocenters. The van der Waals surface area contributed by atoms with Gasteiger partial charge in [0.2, 0.25) is 0 Å². The minimum Gasteiger partial charge on any atom is -0.495 e. The van der Waals surface area contributed by atoms with Crippen molar-refractivity contribution in [2.24, 2.45) is 0 Å². The van der Waals surface area contributed by atoms with Crippen LogP contribution in [0.15, 0.2) is 72.8 Å². The molecule has 0 aromatic heterocycles. The Labute approximate surface area is 167 Å². The molecule has 0 saturated heterocycles. The van der Waals surface area contributed by atoms with Crippen LogP contribution in [0.25, 0.3) is 0 Å². The van der Waals surface area contributed by atoms with Gasteiger partial charge in [0.15, 0.2) is 12.4 Å². The van der Waals surface area contributed by atoms with Gasteiger partial charge in [-0.1, -0.05) is 41.9 Å². The molecule has 1 N–H and O–H groups in total. The third-order valence-electron chi connectivity index (χ3n) is 3.96. The van der Waals surface area contributed by atoms with E-state index in [0.29, 0.717) is 33.3 Å². The average molecular weight is 396 g/mol. The normalized spacial score (nSPS) is 10.2. The number of ether oxygens (including phenoxy) is 2. The Balaban J connectivity index is 1.58. The van der Waals surface area contributed by atoms with Crippen molar-refractivity contribution in [3.05, 3.63) is 88.9 Å². The summed E-state index contributed by atoms with van der Waals surface area (Å²) in [5, 5.41) is 3.18. The van der Waals surface area contributed by atoms with Gasteiger partial charge in [-0.25, -0.2) is 0 Å². The predicted octanol–water partition coefficient (Wildman–Crippen LogP) is 4.60. The number of ketones is 1. The second kappa shape index (κ2) is 9.06. The quantitative estimate of drug-likeness (QED) is 0.594. The van der Waals surface area contributed by atoms with Gasteiger partial charge in [0.25, 0.3) is 5.91 Å². The summed E-state index contributed by atoms with van der Waals surface area (Å²) in [6.07, 6.45) is 0. The van der Waals surface area contributed by atoms with Crippen LogP contribution in [0.1, 0.15) is 15.9 Å². The van der Waals surface area contributed by atoms with Crippen LogP contribution in [0.2, 0.25) is 5.02 Å². The number of benzene rings is 3. The van der Waals surface area contributed by atoms with Gasteiger partial charge in [0.1, 0.15) is 11.5 Å². The highest BCUT2D eigenvalue weighted by Crippen LogP contribution is 2.27. The van der Waals surface area contributed by atoms with Crippen molar-refractivity contribution in [3.63, 3.8) is 0 Å². The lowest BCUT2D eigenvalue weighted by Crippen LogP contribution is -2.20. The molecule has 0 spiro atoms. The van der Waals surface area contributed by atoms with Crippen LogP contribution in [-0.4, -0.2) is 25.4 Å². The standard InChI is InChI=1S/C22H18ClNO4/c1-27-20-12-9-17(23)13-19(20)24-21(25)14-28-18-10-7-16(8-11-18)22(26)15-5-3-2-4-6-15/h2-13H,14H2,1H3,(H,24,25). The molecule has 0 bridgehead atoms. The first-order chi connectivity index (χ1) is 13.6. The van der Waals surface area contributed by atoms with Crippen LogP contribution in [0.3, 0.4) is 0 Å². The highest BCUT2D eigenvalue weighted by atomic mass is 35.5. The van der Waals surface area contributed by atoms with E-state index in [1.807, 2.05) is 18.2 Å². The molecule has 0 fully saturated rings. The number of methoxy groups -OCH3 is 1. The molecular formula is C22H18ClNO4. The van der Waals surface area contributed by atoms with Crippen molar-refractivity contribution in [2.75, 3.05) is 19.0 Å². The van der Waals surface area contributed by atoms with E-state index in [-0.39, 0.29) is 18.3 Å². The zero-order chi connectivity index (χ0) is 19.9. The summed E-state index contributed by atoms with van der Waals surface area (Å²) < 4.78 is 10.7. The summed E-state index contributed by atoms with van der Waals surface area (Å²) in [7, 11) is 1.51.